The molecule has 0 amide bonds. The molecule has 0 spiro atoms. The summed E-state index contributed by atoms with van der Waals surface area (Å²) in [7, 11) is 0. The number of esters is 1. The van der Waals surface area contributed by atoms with Crippen LogP contribution < -0.4 is 0 Å². The van der Waals surface area contributed by atoms with E-state index in [9.17, 15) is 4.79 Å². The highest BCUT2D eigenvalue weighted by Gasteiger charge is 2.14. The Bertz CT molecular complexity index is 472. The maximum absolute atomic E-state index is 11.7. The number of carbonyl (C=O) groups is 1. The predicted octanol–water partition coefficient (Wildman–Crippen LogP) is 3.12. The third-order valence-electron chi connectivity index (χ3n) is 2.21. The first-order valence-corrected chi connectivity index (χ1v) is 5.13. The van der Waals surface area contributed by atoms with E-state index in [-0.39, 0.29) is 5.97 Å². The molecule has 0 aliphatic heterocycles. The minimum atomic E-state index is -0.325. The van der Waals surface area contributed by atoms with Crippen molar-refractivity contribution in [3.05, 3.63) is 48.2 Å². The van der Waals surface area contributed by atoms with Gasteiger partial charge in [-0.3, -0.25) is 0 Å². The Morgan fingerprint density at radius 3 is 2.75 bits per heavy atom. The number of hydrogen-bond donors (Lipinski definition) is 0. The Labute approximate surface area is 93.7 Å². The SMILES string of the molecule is CCOC(=O)c1ccccc1-c1ccco1. The highest BCUT2D eigenvalue weighted by molar-refractivity contribution is 5.96. The molecular formula is C13H12O3. The van der Waals surface area contributed by atoms with Gasteiger partial charge in [0.15, 0.2) is 0 Å². The summed E-state index contributed by atoms with van der Waals surface area (Å²) in [6.07, 6.45) is 1.58. The van der Waals surface area contributed by atoms with Gasteiger partial charge in [0.2, 0.25) is 0 Å². The van der Waals surface area contributed by atoms with Crippen molar-refractivity contribution in [2.24, 2.45) is 0 Å². The van der Waals surface area contributed by atoms with Gasteiger partial charge in [0, 0.05) is 5.56 Å². The van der Waals surface area contributed by atoms with Crippen molar-refractivity contribution in [1.29, 1.82) is 0 Å². The van der Waals surface area contributed by atoms with Gasteiger partial charge in [-0.1, -0.05) is 18.2 Å². The summed E-state index contributed by atoms with van der Waals surface area (Å²) in [4.78, 5) is 11.7. The molecule has 3 heteroatoms. The normalized spacial score (nSPS) is 10.1. The van der Waals surface area contributed by atoms with E-state index in [1.54, 1.807) is 31.4 Å². The van der Waals surface area contributed by atoms with Crippen LogP contribution in [0.1, 0.15) is 17.3 Å². The molecule has 1 heterocycles. The van der Waals surface area contributed by atoms with Crippen molar-refractivity contribution < 1.29 is 13.9 Å². The Balaban J connectivity index is 2.42. The van der Waals surface area contributed by atoms with Crippen LogP contribution in [0.5, 0.6) is 0 Å². The quantitative estimate of drug-likeness (QED) is 0.740. The van der Waals surface area contributed by atoms with Crippen LogP contribution >= 0.6 is 0 Å². The van der Waals surface area contributed by atoms with Crippen LogP contribution in [0.25, 0.3) is 11.3 Å². The zero-order valence-electron chi connectivity index (χ0n) is 8.97. The molecule has 0 unspecified atom stereocenters. The summed E-state index contributed by atoms with van der Waals surface area (Å²) in [6, 6.07) is 10.8. The van der Waals surface area contributed by atoms with Crippen molar-refractivity contribution in [2.75, 3.05) is 6.61 Å². The lowest BCUT2D eigenvalue weighted by atomic mass is 10.1. The Morgan fingerprint density at radius 2 is 2.06 bits per heavy atom. The van der Waals surface area contributed by atoms with Gasteiger partial charge in [0.05, 0.1) is 18.4 Å². The number of hydrogen-bond acceptors (Lipinski definition) is 3. The largest absolute Gasteiger partial charge is 0.464 e. The summed E-state index contributed by atoms with van der Waals surface area (Å²) in [6.45, 7) is 2.15. The number of carbonyl (C=O) groups excluding carboxylic acids is 1. The fraction of sp³-hybridized carbons (Fsp3) is 0.154. The van der Waals surface area contributed by atoms with E-state index >= 15 is 0 Å². The molecule has 3 nitrogen and oxygen atoms in total. The Hall–Kier alpha value is -2.03. The van der Waals surface area contributed by atoms with E-state index in [0.29, 0.717) is 17.9 Å². The molecule has 1 aromatic carbocycles. The molecule has 0 saturated carbocycles. The average molecular weight is 216 g/mol. The highest BCUT2D eigenvalue weighted by atomic mass is 16.5. The minimum Gasteiger partial charge on any atom is -0.464 e. The molecule has 0 fully saturated rings. The van der Waals surface area contributed by atoms with Crippen molar-refractivity contribution >= 4 is 5.97 Å². The second kappa shape index (κ2) is 4.66. The predicted molar refractivity (Wildman–Crippen MR) is 60.1 cm³/mol. The van der Waals surface area contributed by atoms with Crippen molar-refractivity contribution in [2.45, 2.75) is 6.92 Å². The van der Waals surface area contributed by atoms with Crippen molar-refractivity contribution in [1.82, 2.24) is 0 Å². The first kappa shape index (κ1) is 10.5. The number of rotatable bonds is 3. The zero-order chi connectivity index (χ0) is 11.4. The van der Waals surface area contributed by atoms with E-state index in [1.165, 1.54) is 0 Å². The summed E-state index contributed by atoms with van der Waals surface area (Å²) in [5.41, 5.74) is 1.28. The molecule has 0 atom stereocenters. The molecule has 2 rings (SSSR count). The van der Waals surface area contributed by atoms with Crippen LogP contribution in [0.3, 0.4) is 0 Å². The van der Waals surface area contributed by atoms with Gasteiger partial charge >= 0.3 is 5.97 Å². The standard InChI is InChI=1S/C13H12O3/c1-2-15-13(14)11-7-4-3-6-10(11)12-8-5-9-16-12/h3-9H,2H2,1H3. The summed E-state index contributed by atoms with van der Waals surface area (Å²) in [5.74, 6) is 0.346. The van der Waals surface area contributed by atoms with Gasteiger partial charge in [-0.25, -0.2) is 4.79 Å². The first-order valence-electron chi connectivity index (χ1n) is 5.13. The summed E-state index contributed by atoms with van der Waals surface area (Å²) < 4.78 is 10.3. The van der Waals surface area contributed by atoms with Gasteiger partial charge in [-0.15, -0.1) is 0 Å². The fourth-order valence-corrected chi connectivity index (χ4v) is 1.52. The third kappa shape index (κ3) is 1.98. The van der Waals surface area contributed by atoms with Crippen LogP contribution in [0.15, 0.2) is 47.1 Å². The third-order valence-corrected chi connectivity index (χ3v) is 2.21. The average Bonchev–Trinajstić information content (AvgIpc) is 2.83. The summed E-state index contributed by atoms with van der Waals surface area (Å²) >= 11 is 0. The van der Waals surface area contributed by atoms with Crippen LogP contribution in [-0.4, -0.2) is 12.6 Å². The molecule has 2 aromatic rings. The second-order valence-corrected chi connectivity index (χ2v) is 3.24. The van der Waals surface area contributed by atoms with Gasteiger partial charge in [0.1, 0.15) is 5.76 Å². The smallest absolute Gasteiger partial charge is 0.338 e. The molecule has 0 radical (unpaired) electrons. The lowest BCUT2D eigenvalue weighted by molar-refractivity contribution is 0.0527. The van der Waals surface area contributed by atoms with E-state index in [4.69, 9.17) is 9.15 Å². The number of ether oxygens (including phenoxy) is 1. The molecule has 0 aliphatic carbocycles. The summed E-state index contributed by atoms with van der Waals surface area (Å²) in [5, 5.41) is 0. The lowest BCUT2D eigenvalue weighted by Gasteiger charge is -2.06. The van der Waals surface area contributed by atoms with Crippen LogP contribution in [0.2, 0.25) is 0 Å². The Kier molecular flexibility index (Phi) is 3.05. The lowest BCUT2D eigenvalue weighted by Crippen LogP contribution is -2.05. The first-order chi connectivity index (χ1) is 7.83. The molecule has 0 aliphatic rings. The van der Waals surface area contributed by atoms with Gasteiger partial charge < -0.3 is 9.15 Å². The van der Waals surface area contributed by atoms with E-state index < -0.39 is 0 Å². The fourth-order valence-electron chi connectivity index (χ4n) is 1.52. The van der Waals surface area contributed by atoms with E-state index in [2.05, 4.69) is 0 Å². The van der Waals surface area contributed by atoms with Gasteiger partial charge in [-0.2, -0.15) is 0 Å². The van der Waals surface area contributed by atoms with E-state index in [1.807, 2.05) is 18.2 Å². The zero-order valence-corrected chi connectivity index (χ0v) is 8.97. The molecule has 82 valence electrons. The minimum absolute atomic E-state index is 0.325. The van der Waals surface area contributed by atoms with E-state index in [0.717, 1.165) is 5.56 Å². The van der Waals surface area contributed by atoms with Crippen LogP contribution in [-0.2, 0) is 4.74 Å². The molecule has 0 bridgehead atoms. The van der Waals surface area contributed by atoms with Crippen molar-refractivity contribution in [3.63, 3.8) is 0 Å². The number of benzene rings is 1. The highest BCUT2D eigenvalue weighted by Crippen LogP contribution is 2.24. The maximum atomic E-state index is 11.7. The topological polar surface area (TPSA) is 39.4 Å². The number of furan rings is 1. The molecule has 16 heavy (non-hydrogen) atoms. The molecule has 0 N–H and O–H groups in total. The molecule has 0 saturated heterocycles. The van der Waals surface area contributed by atoms with Gasteiger partial charge in [0.25, 0.3) is 0 Å². The second-order valence-electron chi connectivity index (χ2n) is 3.24. The Morgan fingerprint density at radius 1 is 1.25 bits per heavy atom. The molecular weight excluding hydrogens is 204 g/mol. The van der Waals surface area contributed by atoms with Crippen LogP contribution in [0.4, 0.5) is 0 Å². The van der Waals surface area contributed by atoms with Gasteiger partial charge in [-0.05, 0) is 25.1 Å². The maximum Gasteiger partial charge on any atom is 0.338 e. The van der Waals surface area contributed by atoms with Crippen molar-refractivity contribution in [3.8, 4) is 11.3 Å². The molecule has 1 aromatic heterocycles. The monoisotopic (exact) mass is 216 g/mol. The van der Waals surface area contributed by atoms with Crippen LogP contribution in [0, 0.1) is 0 Å².